The Hall–Kier alpha value is -1.69. The predicted octanol–water partition coefficient (Wildman–Crippen LogP) is 3.44. The maximum absolute atomic E-state index is 12.9. The molecule has 1 heterocycles. The zero-order valence-electron chi connectivity index (χ0n) is 14.8. The van der Waals surface area contributed by atoms with E-state index in [9.17, 15) is 8.42 Å². The standard InChI is InChI=1S/C20H25NO3S/c1-16(2)18-8-10-20(11-9-18)25(22,23)21-12-13-24-19(15-21)14-17-6-4-3-5-7-17/h3-11,16,19H,12-15H2,1-2H3. The fourth-order valence-electron chi connectivity index (χ4n) is 3.08. The number of morpholine rings is 1. The Morgan fingerprint density at radius 1 is 1.08 bits per heavy atom. The first kappa shape index (κ1) is 18.1. The number of benzene rings is 2. The molecule has 2 aromatic rings. The number of rotatable bonds is 5. The Balaban J connectivity index is 1.73. The minimum absolute atomic E-state index is 0.110. The molecule has 1 aliphatic rings. The third-order valence-electron chi connectivity index (χ3n) is 4.59. The molecule has 1 atom stereocenters. The highest BCUT2D eigenvalue weighted by Gasteiger charge is 2.30. The lowest BCUT2D eigenvalue weighted by Gasteiger charge is -2.32. The summed E-state index contributed by atoms with van der Waals surface area (Å²) in [5.74, 6) is 0.385. The van der Waals surface area contributed by atoms with Crippen LogP contribution in [0.2, 0.25) is 0 Å². The van der Waals surface area contributed by atoms with E-state index in [0.29, 0.717) is 30.5 Å². The molecule has 0 aliphatic carbocycles. The molecule has 0 radical (unpaired) electrons. The Bertz CT molecular complexity index is 785. The summed E-state index contributed by atoms with van der Waals surface area (Å²) >= 11 is 0. The molecule has 0 bridgehead atoms. The first-order chi connectivity index (χ1) is 12.0. The lowest BCUT2D eigenvalue weighted by molar-refractivity contribution is -0.000494. The van der Waals surface area contributed by atoms with Crippen LogP contribution in [-0.4, -0.2) is 38.5 Å². The van der Waals surface area contributed by atoms with Crippen molar-refractivity contribution in [3.8, 4) is 0 Å². The highest BCUT2D eigenvalue weighted by atomic mass is 32.2. The zero-order chi connectivity index (χ0) is 17.9. The van der Waals surface area contributed by atoms with Crippen molar-refractivity contribution >= 4 is 10.0 Å². The molecule has 4 nitrogen and oxygen atoms in total. The summed E-state index contributed by atoms with van der Waals surface area (Å²) in [6.45, 7) is 5.42. The normalized spacial score (nSPS) is 19.2. The first-order valence-electron chi connectivity index (χ1n) is 8.72. The molecule has 5 heteroatoms. The summed E-state index contributed by atoms with van der Waals surface area (Å²) in [5, 5.41) is 0. The van der Waals surface area contributed by atoms with Crippen molar-refractivity contribution in [2.75, 3.05) is 19.7 Å². The van der Waals surface area contributed by atoms with E-state index in [1.54, 1.807) is 16.4 Å². The number of hydrogen-bond donors (Lipinski definition) is 0. The maximum atomic E-state index is 12.9. The van der Waals surface area contributed by atoms with Crippen LogP contribution in [0.1, 0.15) is 30.9 Å². The third-order valence-corrected chi connectivity index (χ3v) is 6.47. The van der Waals surface area contributed by atoms with Gasteiger partial charge in [0.25, 0.3) is 0 Å². The van der Waals surface area contributed by atoms with Gasteiger partial charge < -0.3 is 4.74 Å². The minimum Gasteiger partial charge on any atom is -0.375 e. The van der Waals surface area contributed by atoms with Gasteiger partial charge in [-0.1, -0.05) is 56.3 Å². The summed E-state index contributed by atoms with van der Waals surface area (Å²) in [6, 6.07) is 17.3. The highest BCUT2D eigenvalue weighted by Crippen LogP contribution is 2.22. The van der Waals surface area contributed by atoms with Gasteiger partial charge in [-0.15, -0.1) is 0 Å². The van der Waals surface area contributed by atoms with Crippen LogP contribution in [0.4, 0.5) is 0 Å². The van der Waals surface area contributed by atoms with Gasteiger partial charge in [0.2, 0.25) is 10.0 Å². The molecule has 1 fully saturated rings. The summed E-state index contributed by atoms with van der Waals surface area (Å²) in [4.78, 5) is 0.359. The molecule has 1 unspecified atom stereocenters. The van der Waals surface area contributed by atoms with Crippen LogP contribution in [0.15, 0.2) is 59.5 Å². The van der Waals surface area contributed by atoms with E-state index in [0.717, 1.165) is 17.5 Å². The summed E-state index contributed by atoms with van der Waals surface area (Å²) < 4.78 is 33.2. The fraction of sp³-hybridized carbons (Fsp3) is 0.400. The average Bonchev–Trinajstić information content (AvgIpc) is 2.63. The lowest BCUT2D eigenvalue weighted by Crippen LogP contribution is -2.46. The van der Waals surface area contributed by atoms with Gasteiger partial charge in [-0.05, 0) is 35.6 Å². The number of ether oxygens (including phenoxy) is 1. The third kappa shape index (κ3) is 4.29. The number of nitrogens with zero attached hydrogens (tertiary/aromatic N) is 1. The van der Waals surface area contributed by atoms with Crippen LogP contribution in [0.25, 0.3) is 0 Å². The van der Waals surface area contributed by atoms with Gasteiger partial charge in [0.05, 0.1) is 17.6 Å². The number of hydrogen-bond acceptors (Lipinski definition) is 3. The molecule has 0 N–H and O–H groups in total. The quantitative estimate of drug-likeness (QED) is 0.821. The molecule has 134 valence electrons. The van der Waals surface area contributed by atoms with Gasteiger partial charge in [-0.3, -0.25) is 0 Å². The van der Waals surface area contributed by atoms with E-state index in [1.165, 1.54) is 0 Å². The van der Waals surface area contributed by atoms with E-state index in [4.69, 9.17) is 4.74 Å². The Morgan fingerprint density at radius 3 is 2.40 bits per heavy atom. The average molecular weight is 359 g/mol. The Morgan fingerprint density at radius 2 is 1.76 bits per heavy atom. The second-order valence-corrected chi connectivity index (χ2v) is 8.71. The van der Waals surface area contributed by atoms with Crippen LogP contribution < -0.4 is 0 Å². The molecule has 1 aliphatic heterocycles. The van der Waals surface area contributed by atoms with E-state index in [-0.39, 0.29) is 6.10 Å². The molecule has 3 rings (SSSR count). The Kier molecular flexibility index (Phi) is 5.57. The monoisotopic (exact) mass is 359 g/mol. The van der Waals surface area contributed by atoms with E-state index < -0.39 is 10.0 Å². The van der Waals surface area contributed by atoms with Crippen molar-refractivity contribution in [3.05, 3.63) is 65.7 Å². The lowest BCUT2D eigenvalue weighted by atomic mass is 10.0. The molecular formula is C20H25NO3S. The van der Waals surface area contributed by atoms with Crippen molar-refractivity contribution in [2.45, 2.75) is 37.2 Å². The van der Waals surface area contributed by atoms with Gasteiger partial charge in [0.1, 0.15) is 0 Å². The second-order valence-electron chi connectivity index (χ2n) is 6.77. The van der Waals surface area contributed by atoms with Crippen molar-refractivity contribution in [3.63, 3.8) is 0 Å². The van der Waals surface area contributed by atoms with Crippen LogP contribution >= 0.6 is 0 Å². The predicted molar refractivity (Wildman–Crippen MR) is 99.2 cm³/mol. The first-order valence-corrected chi connectivity index (χ1v) is 10.2. The molecule has 0 spiro atoms. The highest BCUT2D eigenvalue weighted by molar-refractivity contribution is 7.89. The molecule has 0 aromatic heterocycles. The van der Waals surface area contributed by atoms with Crippen LogP contribution in [0.3, 0.4) is 0 Å². The van der Waals surface area contributed by atoms with Gasteiger partial charge in [0.15, 0.2) is 0 Å². The molecule has 0 saturated carbocycles. The SMILES string of the molecule is CC(C)c1ccc(S(=O)(=O)N2CCOC(Cc3ccccc3)C2)cc1. The van der Waals surface area contributed by atoms with Gasteiger partial charge in [0, 0.05) is 13.1 Å². The molecule has 1 saturated heterocycles. The van der Waals surface area contributed by atoms with Gasteiger partial charge >= 0.3 is 0 Å². The van der Waals surface area contributed by atoms with Crippen molar-refractivity contribution < 1.29 is 13.2 Å². The smallest absolute Gasteiger partial charge is 0.243 e. The largest absolute Gasteiger partial charge is 0.375 e. The number of sulfonamides is 1. The summed E-state index contributed by atoms with van der Waals surface area (Å²) in [7, 11) is -3.48. The minimum atomic E-state index is -3.48. The Labute approximate surface area is 150 Å². The van der Waals surface area contributed by atoms with Gasteiger partial charge in [-0.2, -0.15) is 4.31 Å². The zero-order valence-corrected chi connectivity index (χ0v) is 15.6. The van der Waals surface area contributed by atoms with E-state index in [1.807, 2.05) is 42.5 Å². The summed E-state index contributed by atoms with van der Waals surface area (Å²) in [5.41, 5.74) is 2.30. The molecule has 0 amide bonds. The van der Waals surface area contributed by atoms with Gasteiger partial charge in [-0.25, -0.2) is 8.42 Å². The fourth-order valence-corrected chi connectivity index (χ4v) is 4.54. The molecule has 25 heavy (non-hydrogen) atoms. The van der Waals surface area contributed by atoms with Crippen LogP contribution in [-0.2, 0) is 21.2 Å². The second kappa shape index (κ2) is 7.68. The van der Waals surface area contributed by atoms with Crippen LogP contribution in [0, 0.1) is 0 Å². The van der Waals surface area contributed by atoms with Crippen molar-refractivity contribution in [1.82, 2.24) is 4.31 Å². The van der Waals surface area contributed by atoms with E-state index >= 15 is 0 Å². The van der Waals surface area contributed by atoms with E-state index in [2.05, 4.69) is 13.8 Å². The molecule has 2 aromatic carbocycles. The topological polar surface area (TPSA) is 46.6 Å². The van der Waals surface area contributed by atoms with Crippen molar-refractivity contribution in [1.29, 1.82) is 0 Å². The molecular weight excluding hydrogens is 334 g/mol. The van der Waals surface area contributed by atoms with Crippen LogP contribution in [0.5, 0.6) is 0 Å². The van der Waals surface area contributed by atoms with Crippen molar-refractivity contribution in [2.24, 2.45) is 0 Å². The maximum Gasteiger partial charge on any atom is 0.243 e. The summed E-state index contributed by atoms with van der Waals surface area (Å²) in [6.07, 6.45) is 0.611.